The van der Waals surface area contributed by atoms with Crippen LogP contribution < -0.4 is 4.72 Å². The average Bonchev–Trinajstić information content (AvgIpc) is 2.52. The highest BCUT2D eigenvalue weighted by molar-refractivity contribution is 7.92. The zero-order chi connectivity index (χ0) is 16.6. The average molecular weight is 337 g/mol. The van der Waals surface area contributed by atoms with E-state index in [1.165, 1.54) is 6.07 Å². The Hall–Kier alpha value is -2.54. The van der Waals surface area contributed by atoms with E-state index >= 15 is 0 Å². The molecule has 0 radical (unpaired) electrons. The number of fused-ring (bicyclic) bond motifs is 1. The van der Waals surface area contributed by atoms with Gasteiger partial charge in [-0.25, -0.2) is 21.6 Å². The number of sulfonamides is 1. The first-order valence-electron chi connectivity index (χ1n) is 6.53. The van der Waals surface area contributed by atoms with Crippen LogP contribution in [0.2, 0.25) is 0 Å². The van der Waals surface area contributed by atoms with Gasteiger partial charge in [-0.05, 0) is 35.0 Å². The highest BCUT2D eigenvalue weighted by atomic mass is 32.2. The van der Waals surface area contributed by atoms with Gasteiger partial charge in [0, 0.05) is 5.69 Å². The molecule has 23 heavy (non-hydrogen) atoms. The topological polar surface area (TPSA) is 46.2 Å². The first-order chi connectivity index (χ1) is 10.9. The molecule has 0 aliphatic heterocycles. The Balaban J connectivity index is 2.01. The van der Waals surface area contributed by atoms with Gasteiger partial charge in [-0.1, -0.05) is 30.3 Å². The fraction of sp³-hybridized carbons (Fsp3) is 0. The van der Waals surface area contributed by atoms with E-state index < -0.39 is 32.4 Å². The third-order valence-electron chi connectivity index (χ3n) is 3.29. The number of hydrogen-bond donors (Lipinski definition) is 1. The van der Waals surface area contributed by atoms with Crippen molar-refractivity contribution in [2.45, 2.75) is 4.90 Å². The van der Waals surface area contributed by atoms with Crippen molar-refractivity contribution < 1.29 is 21.6 Å². The molecule has 3 aromatic carbocycles. The van der Waals surface area contributed by atoms with Crippen molar-refractivity contribution in [2.24, 2.45) is 0 Å². The maximum atomic E-state index is 13.7. The summed E-state index contributed by atoms with van der Waals surface area (Å²) in [5.74, 6) is -5.03. The second kappa shape index (κ2) is 5.58. The van der Waals surface area contributed by atoms with Gasteiger partial charge in [-0.2, -0.15) is 0 Å². The quantitative estimate of drug-likeness (QED) is 0.733. The van der Waals surface area contributed by atoms with Gasteiger partial charge in [0.1, 0.15) is 4.90 Å². The van der Waals surface area contributed by atoms with Crippen molar-refractivity contribution in [1.29, 1.82) is 0 Å². The molecule has 118 valence electrons. The molecule has 3 rings (SSSR count). The van der Waals surface area contributed by atoms with Crippen LogP contribution in [0, 0.1) is 17.5 Å². The van der Waals surface area contributed by atoms with Crippen LogP contribution in [-0.4, -0.2) is 8.42 Å². The van der Waals surface area contributed by atoms with Gasteiger partial charge in [-0.3, -0.25) is 4.72 Å². The fourth-order valence-corrected chi connectivity index (χ4v) is 3.30. The number of halogens is 3. The molecule has 1 N–H and O–H groups in total. The Labute approximate surface area is 130 Å². The van der Waals surface area contributed by atoms with Gasteiger partial charge in [0.25, 0.3) is 10.0 Å². The largest absolute Gasteiger partial charge is 0.280 e. The van der Waals surface area contributed by atoms with E-state index in [-0.39, 0.29) is 5.69 Å². The summed E-state index contributed by atoms with van der Waals surface area (Å²) in [6, 6.07) is 13.2. The SMILES string of the molecule is O=S(=O)(Nc1ccc2ccccc2c1)c1ccc(F)c(F)c1F. The molecular weight excluding hydrogens is 327 g/mol. The van der Waals surface area contributed by atoms with Crippen molar-refractivity contribution in [3.05, 3.63) is 72.0 Å². The van der Waals surface area contributed by atoms with Crippen molar-refractivity contribution in [3.63, 3.8) is 0 Å². The van der Waals surface area contributed by atoms with Crippen LogP contribution in [-0.2, 0) is 10.0 Å². The van der Waals surface area contributed by atoms with Gasteiger partial charge in [-0.15, -0.1) is 0 Å². The predicted octanol–water partition coefficient (Wildman–Crippen LogP) is 4.06. The highest BCUT2D eigenvalue weighted by Gasteiger charge is 2.24. The highest BCUT2D eigenvalue weighted by Crippen LogP contribution is 2.24. The van der Waals surface area contributed by atoms with E-state index in [0.717, 1.165) is 10.8 Å². The van der Waals surface area contributed by atoms with Gasteiger partial charge in [0.15, 0.2) is 17.5 Å². The van der Waals surface area contributed by atoms with E-state index in [2.05, 4.69) is 4.72 Å². The Morgan fingerprint density at radius 1 is 0.783 bits per heavy atom. The summed E-state index contributed by atoms with van der Waals surface area (Å²) >= 11 is 0. The Bertz CT molecular complexity index is 1000. The Morgan fingerprint density at radius 2 is 1.48 bits per heavy atom. The van der Waals surface area contributed by atoms with Gasteiger partial charge < -0.3 is 0 Å². The minimum atomic E-state index is -4.38. The minimum Gasteiger partial charge on any atom is -0.280 e. The number of hydrogen-bond acceptors (Lipinski definition) is 2. The van der Waals surface area contributed by atoms with E-state index in [4.69, 9.17) is 0 Å². The molecule has 0 saturated carbocycles. The van der Waals surface area contributed by atoms with Crippen LogP contribution in [0.25, 0.3) is 10.8 Å². The van der Waals surface area contributed by atoms with Crippen LogP contribution in [0.3, 0.4) is 0 Å². The van der Waals surface area contributed by atoms with Gasteiger partial charge >= 0.3 is 0 Å². The van der Waals surface area contributed by atoms with Crippen molar-refractivity contribution in [1.82, 2.24) is 0 Å². The number of rotatable bonds is 3. The monoisotopic (exact) mass is 337 g/mol. The zero-order valence-electron chi connectivity index (χ0n) is 11.6. The lowest BCUT2D eigenvalue weighted by Crippen LogP contribution is -2.15. The standard InChI is InChI=1S/C16H10F3NO2S/c17-13-7-8-14(16(19)15(13)18)23(21,22)20-12-6-5-10-3-1-2-4-11(10)9-12/h1-9,20H. The summed E-state index contributed by atoms with van der Waals surface area (Å²) in [4.78, 5) is -0.954. The van der Waals surface area contributed by atoms with E-state index in [1.807, 2.05) is 12.1 Å². The summed E-state index contributed by atoms with van der Waals surface area (Å²) in [5, 5.41) is 1.67. The fourth-order valence-electron chi connectivity index (χ4n) is 2.18. The molecule has 0 amide bonds. The predicted molar refractivity (Wildman–Crippen MR) is 81.1 cm³/mol. The normalized spacial score (nSPS) is 11.6. The maximum Gasteiger partial charge on any atom is 0.264 e. The molecule has 0 aliphatic carbocycles. The Kier molecular flexibility index (Phi) is 3.73. The lowest BCUT2D eigenvalue weighted by Gasteiger charge is -2.10. The van der Waals surface area contributed by atoms with Crippen molar-refractivity contribution in [3.8, 4) is 0 Å². The number of nitrogens with one attached hydrogen (secondary N) is 1. The molecule has 0 spiro atoms. The van der Waals surface area contributed by atoms with Gasteiger partial charge in [0.05, 0.1) is 0 Å². The molecule has 0 saturated heterocycles. The summed E-state index contributed by atoms with van der Waals surface area (Å²) in [6.45, 7) is 0. The third kappa shape index (κ3) is 2.87. The second-order valence-electron chi connectivity index (χ2n) is 4.84. The van der Waals surface area contributed by atoms with E-state index in [1.54, 1.807) is 24.3 Å². The smallest absolute Gasteiger partial charge is 0.264 e. The molecule has 0 unspecified atom stereocenters. The molecule has 0 aromatic heterocycles. The van der Waals surface area contributed by atoms with Crippen molar-refractivity contribution >= 4 is 26.5 Å². The second-order valence-corrected chi connectivity index (χ2v) is 6.49. The maximum absolute atomic E-state index is 13.7. The zero-order valence-corrected chi connectivity index (χ0v) is 12.4. The van der Waals surface area contributed by atoms with Crippen LogP contribution in [0.5, 0.6) is 0 Å². The first kappa shape index (κ1) is 15.4. The lowest BCUT2D eigenvalue weighted by molar-refractivity contribution is 0.432. The molecule has 0 aliphatic rings. The van der Waals surface area contributed by atoms with Crippen molar-refractivity contribution in [2.75, 3.05) is 4.72 Å². The summed E-state index contributed by atoms with van der Waals surface area (Å²) in [6.07, 6.45) is 0. The molecule has 3 aromatic rings. The van der Waals surface area contributed by atoms with Crippen LogP contribution in [0.15, 0.2) is 59.5 Å². The molecular formula is C16H10F3NO2S. The van der Waals surface area contributed by atoms with Crippen LogP contribution in [0.1, 0.15) is 0 Å². The first-order valence-corrected chi connectivity index (χ1v) is 8.02. The molecule has 3 nitrogen and oxygen atoms in total. The molecule has 0 fully saturated rings. The third-order valence-corrected chi connectivity index (χ3v) is 4.69. The summed E-state index contributed by atoms with van der Waals surface area (Å²) in [5.41, 5.74) is 0.188. The lowest BCUT2D eigenvalue weighted by atomic mass is 10.1. The number of anilines is 1. The molecule has 0 heterocycles. The molecule has 0 bridgehead atoms. The summed E-state index contributed by atoms with van der Waals surface area (Å²) in [7, 11) is -4.38. The number of benzene rings is 3. The van der Waals surface area contributed by atoms with Gasteiger partial charge in [0.2, 0.25) is 0 Å². The van der Waals surface area contributed by atoms with Crippen LogP contribution in [0.4, 0.5) is 18.9 Å². The molecule has 7 heteroatoms. The summed E-state index contributed by atoms with van der Waals surface area (Å²) < 4.78 is 66.3. The molecule has 0 atom stereocenters. The Morgan fingerprint density at radius 3 is 2.22 bits per heavy atom. The van der Waals surface area contributed by atoms with E-state index in [9.17, 15) is 21.6 Å². The van der Waals surface area contributed by atoms with E-state index in [0.29, 0.717) is 12.1 Å². The minimum absolute atomic E-state index is 0.188. The van der Waals surface area contributed by atoms with Crippen LogP contribution >= 0.6 is 0 Å².